The normalized spacial score (nSPS) is 17.1. The number of nitrogens with zero attached hydrogens (tertiary/aromatic N) is 1. The lowest BCUT2D eigenvalue weighted by atomic mass is 9.95. The number of benzene rings is 2. The Morgan fingerprint density at radius 1 is 1.12 bits per heavy atom. The molecule has 0 spiro atoms. The molecule has 0 aromatic heterocycles. The Morgan fingerprint density at radius 3 is 2.52 bits per heavy atom. The van der Waals surface area contributed by atoms with Gasteiger partial charge in [-0.15, -0.1) is 0 Å². The van der Waals surface area contributed by atoms with Crippen molar-refractivity contribution in [2.24, 2.45) is 5.73 Å². The quantitative estimate of drug-likeness (QED) is 0.837. The van der Waals surface area contributed by atoms with E-state index in [0.29, 0.717) is 11.6 Å². The summed E-state index contributed by atoms with van der Waals surface area (Å²) in [7, 11) is 0. The molecule has 1 amide bonds. The molecule has 5 heteroatoms. The third-order valence-electron chi connectivity index (χ3n) is 4.52. The molecule has 4 nitrogen and oxygen atoms in total. The zero-order valence-corrected chi connectivity index (χ0v) is 14.9. The van der Waals surface area contributed by atoms with Crippen LogP contribution >= 0.6 is 12.2 Å². The maximum absolute atomic E-state index is 12.6. The van der Waals surface area contributed by atoms with Crippen LogP contribution in [0, 0.1) is 0 Å². The number of amides is 1. The summed E-state index contributed by atoms with van der Waals surface area (Å²) in [5, 5.41) is 0. The first-order valence-corrected chi connectivity index (χ1v) is 8.93. The summed E-state index contributed by atoms with van der Waals surface area (Å²) >= 11 is 5.00. The molecule has 25 heavy (non-hydrogen) atoms. The number of nitrogens with two attached hydrogens (primary N) is 1. The van der Waals surface area contributed by atoms with Gasteiger partial charge in [-0.1, -0.05) is 66.8 Å². The van der Waals surface area contributed by atoms with E-state index >= 15 is 0 Å². The first-order valence-electron chi connectivity index (χ1n) is 8.52. The highest BCUT2D eigenvalue weighted by Crippen LogP contribution is 2.31. The number of thiocarbonyl (C=S) groups is 1. The maximum Gasteiger partial charge on any atom is 0.410 e. The molecule has 2 aromatic carbocycles. The van der Waals surface area contributed by atoms with Gasteiger partial charge in [-0.25, -0.2) is 4.79 Å². The monoisotopic (exact) mass is 354 g/mol. The summed E-state index contributed by atoms with van der Waals surface area (Å²) in [6.45, 7) is 1.01. The Morgan fingerprint density at radius 2 is 1.84 bits per heavy atom. The molecule has 130 valence electrons. The third-order valence-corrected chi connectivity index (χ3v) is 4.76. The van der Waals surface area contributed by atoms with Gasteiger partial charge in [0, 0.05) is 12.1 Å². The predicted octanol–water partition coefficient (Wildman–Crippen LogP) is 4.18. The van der Waals surface area contributed by atoms with E-state index in [1.807, 2.05) is 59.5 Å². The van der Waals surface area contributed by atoms with Gasteiger partial charge in [0.15, 0.2) is 0 Å². The van der Waals surface area contributed by atoms with Crippen LogP contribution in [0.25, 0.3) is 0 Å². The molecular weight excluding hydrogens is 332 g/mol. The molecule has 0 saturated carbocycles. The fourth-order valence-electron chi connectivity index (χ4n) is 3.17. The second-order valence-corrected chi connectivity index (χ2v) is 6.67. The van der Waals surface area contributed by atoms with Gasteiger partial charge in [-0.3, -0.25) is 0 Å². The summed E-state index contributed by atoms with van der Waals surface area (Å²) in [6.07, 6.45) is 2.78. The molecule has 0 bridgehead atoms. The second-order valence-electron chi connectivity index (χ2n) is 6.23. The van der Waals surface area contributed by atoms with E-state index in [0.717, 1.165) is 42.5 Å². The minimum atomic E-state index is -0.257. The molecule has 1 fully saturated rings. The Kier molecular flexibility index (Phi) is 5.66. The van der Waals surface area contributed by atoms with Crippen molar-refractivity contribution < 1.29 is 9.53 Å². The number of hydrogen-bond acceptors (Lipinski definition) is 3. The molecule has 1 heterocycles. The number of likely N-dealkylation sites (tertiary alicyclic amines) is 1. The average molecular weight is 354 g/mol. The summed E-state index contributed by atoms with van der Waals surface area (Å²) in [5.74, 6) is 0. The van der Waals surface area contributed by atoms with Crippen LogP contribution in [0.4, 0.5) is 4.79 Å². The Hall–Kier alpha value is -2.40. The molecule has 2 N–H and O–H groups in total. The van der Waals surface area contributed by atoms with Crippen LogP contribution in [-0.2, 0) is 11.3 Å². The van der Waals surface area contributed by atoms with Gasteiger partial charge in [-0.2, -0.15) is 0 Å². The molecule has 1 aliphatic rings. The predicted molar refractivity (Wildman–Crippen MR) is 102 cm³/mol. The molecule has 2 aromatic rings. The van der Waals surface area contributed by atoms with Crippen LogP contribution in [-0.4, -0.2) is 22.5 Å². The molecule has 3 rings (SSSR count). The van der Waals surface area contributed by atoms with Crippen molar-refractivity contribution in [3.05, 3.63) is 71.3 Å². The summed E-state index contributed by atoms with van der Waals surface area (Å²) in [5.41, 5.74) is 8.58. The van der Waals surface area contributed by atoms with Crippen molar-refractivity contribution >= 4 is 23.3 Å². The molecule has 1 unspecified atom stereocenters. The zero-order chi connectivity index (χ0) is 17.6. The third kappa shape index (κ3) is 4.37. The van der Waals surface area contributed by atoms with Gasteiger partial charge in [0.1, 0.15) is 11.6 Å². The molecule has 0 radical (unpaired) electrons. The van der Waals surface area contributed by atoms with E-state index in [1.54, 1.807) is 0 Å². The Balaban J connectivity index is 1.69. The largest absolute Gasteiger partial charge is 0.445 e. The first kappa shape index (κ1) is 17.4. The topological polar surface area (TPSA) is 55.6 Å². The summed E-state index contributed by atoms with van der Waals surface area (Å²) in [4.78, 5) is 14.8. The second kappa shape index (κ2) is 8.12. The first-order chi connectivity index (χ1) is 12.1. The van der Waals surface area contributed by atoms with Crippen LogP contribution in [0.15, 0.2) is 54.6 Å². The van der Waals surface area contributed by atoms with Crippen LogP contribution in [0.1, 0.15) is 42.0 Å². The van der Waals surface area contributed by atoms with Gasteiger partial charge in [0.25, 0.3) is 0 Å². The maximum atomic E-state index is 12.6. The van der Waals surface area contributed by atoms with Crippen LogP contribution < -0.4 is 5.73 Å². The Labute approximate surface area is 153 Å². The molecule has 1 atom stereocenters. The van der Waals surface area contributed by atoms with Crippen molar-refractivity contribution in [2.75, 3.05) is 6.54 Å². The van der Waals surface area contributed by atoms with E-state index in [1.165, 1.54) is 0 Å². The minimum absolute atomic E-state index is 0.0393. The van der Waals surface area contributed by atoms with E-state index in [2.05, 4.69) is 0 Å². The highest BCUT2D eigenvalue weighted by molar-refractivity contribution is 7.80. The number of rotatable bonds is 4. The molecule has 1 aliphatic heterocycles. The van der Waals surface area contributed by atoms with Crippen LogP contribution in [0.5, 0.6) is 0 Å². The van der Waals surface area contributed by atoms with Crippen molar-refractivity contribution in [2.45, 2.75) is 31.9 Å². The SMILES string of the molecule is NC(=S)c1ccc(C2CCCCN2C(=O)OCc2ccccc2)cc1. The Bertz CT molecular complexity index is 731. The van der Waals surface area contributed by atoms with Crippen LogP contribution in [0.3, 0.4) is 0 Å². The van der Waals surface area contributed by atoms with Gasteiger partial charge in [-0.05, 0) is 30.4 Å². The lowest BCUT2D eigenvalue weighted by molar-refractivity contribution is 0.0679. The zero-order valence-electron chi connectivity index (χ0n) is 14.1. The summed E-state index contributed by atoms with van der Waals surface area (Å²) in [6, 6.07) is 17.6. The lowest BCUT2D eigenvalue weighted by Crippen LogP contribution is -2.38. The van der Waals surface area contributed by atoms with Crippen molar-refractivity contribution in [1.82, 2.24) is 4.90 Å². The highest BCUT2D eigenvalue weighted by atomic mass is 32.1. The van der Waals surface area contributed by atoms with E-state index in [4.69, 9.17) is 22.7 Å². The minimum Gasteiger partial charge on any atom is -0.445 e. The van der Waals surface area contributed by atoms with Gasteiger partial charge in [0.05, 0.1) is 6.04 Å². The molecular formula is C20H22N2O2S. The van der Waals surface area contributed by atoms with E-state index < -0.39 is 0 Å². The number of hydrogen-bond donors (Lipinski definition) is 1. The smallest absolute Gasteiger partial charge is 0.410 e. The molecule has 0 aliphatic carbocycles. The lowest BCUT2D eigenvalue weighted by Gasteiger charge is -2.35. The van der Waals surface area contributed by atoms with Gasteiger partial charge >= 0.3 is 6.09 Å². The number of piperidine rings is 1. The van der Waals surface area contributed by atoms with Crippen molar-refractivity contribution in [1.29, 1.82) is 0 Å². The fourth-order valence-corrected chi connectivity index (χ4v) is 3.30. The summed E-state index contributed by atoms with van der Waals surface area (Å²) < 4.78 is 5.53. The molecule has 1 saturated heterocycles. The number of carbonyl (C=O) groups excluding carboxylic acids is 1. The highest BCUT2D eigenvalue weighted by Gasteiger charge is 2.29. The van der Waals surface area contributed by atoms with Gasteiger partial charge in [0.2, 0.25) is 0 Å². The van der Waals surface area contributed by atoms with Crippen LogP contribution in [0.2, 0.25) is 0 Å². The number of ether oxygens (including phenoxy) is 1. The van der Waals surface area contributed by atoms with Crippen molar-refractivity contribution in [3.63, 3.8) is 0 Å². The van der Waals surface area contributed by atoms with Gasteiger partial charge < -0.3 is 15.4 Å². The standard InChI is InChI=1S/C20H22N2O2S/c21-19(25)17-11-9-16(10-12-17)18-8-4-5-13-22(18)20(23)24-14-15-6-2-1-3-7-15/h1-3,6-7,9-12,18H,4-5,8,13-14H2,(H2,21,25). The number of carbonyl (C=O) groups is 1. The van der Waals surface area contributed by atoms with E-state index in [-0.39, 0.29) is 12.1 Å². The van der Waals surface area contributed by atoms with E-state index in [9.17, 15) is 4.79 Å². The van der Waals surface area contributed by atoms with Crippen molar-refractivity contribution in [3.8, 4) is 0 Å². The average Bonchev–Trinajstić information content (AvgIpc) is 2.67. The fraction of sp³-hybridized carbons (Fsp3) is 0.300.